The molecule has 1 amide bonds. The molecule has 1 spiro atoms. The van der Waals surface area contributed by atoms with Crippen LogP contribution in [0.4, 0.5) is 13.2 Å². The zero-order valence-electron chi connectivity index (χ0n) is 15.5. The molecule has 1 atom stereocenters. The minimum atomic E-state index is -4.24. The first-order chi connectivity index (χ1) is 12.0. The van der Waals surface area contributed by atoms with E-state index >= 15 is 0 Å². The third kappa shape index (κ3) is 2.83. The van der Waals surface area contributed by atoms with Crippen LogP contribution in [0, 0.1) is 33.6 Å². The molecule has 1 N–H and O–H groups in total. The van der Waals surface area contributed by atoms with E-state index < -0.39 is 23.6 Å². The number of aryl methyl sites for hydroxylation is 2. The molecule has 1 saturated heterocycles. The maximum atomic E-state index is 13.2. The Bertz CT molecular complexity index is 774. The fourth-order valence-corrected chi connectivity index (χ4v) is 4.58. The summed E-state index contributed by atoms with van der Waals surface area (Å²) in [5.41, 5.74) is 3.49. The van der Waals surface area contributed by atoms with Crippen LogP contribution in [0.3, 0.4) is 0 Å². The molecule has 1 unspecified atom stereocenters. The summed E-state index contributed by atoms with van der Waals surface area (Å²) >= 11 is 0. The lowest BCUT2D eigenvalue weighted by Gasteiger charge is -2.36. The summed E-state index contributed by atoms with van der Waals surface area (Å²) in [5.74, 6) is -2.95. The van der Waals surface area contributed by atoms with Gasteiger partial charge >= 0.3 is 6.18 Å². The Labute approximate surface area is 151 Å². The van der Waals surface area contributed by atoms with Crippen LogP contribution in [0.1, 0.15) is 59.4 Å². The van der Waals surface area contributed by atoms with Crippen molar-refractivity contribution in [3.8, 4) is 0 Å². The number of amides is 1. The summed E-state index contributed by atoms with van der Waals surface area (Å²) in [4.78, 5) is 25.9. The van der Waals surface area contributed by atoms with Crippen molar-refractivity contribution in [2.24, 2.45) is 5.92 Å². The summed E-state index contributed by atoms with van der Waals surface area (Å²) < 4.78 is 38.8. The first kappa shape index (κ1) is 18.9. The maximum absolute atomic E-state index is 13.2. The molecule has 3 rings (SSSR count). The topological polar surface area (TPSA) is 46.2 Å². The van der Waals surface area contributed by atoms with Crippen molar-refractivity contribution in [1.82, 2.24) is 5.32 Å². The molecule has 1 aromatic rings. The van der Waals surface area contributed by atoms with Crippen LogP contribution in [0.5, 0.6) is 0 Å². The fraction of sp³-hybridized carbons (Fsp3) is 0.600. The summed E-state index contributed by atoms with van der Waals surface area (Å²) in [6.45, 7) is 7.71. The first-order valence-electron chi connectivity index (χ1n) is 8.98. The van der Waals surface area contributed by atoms with Crippen molar-refractivity contribution >= 4 is 11.7 Å². The van der Waals surface area contributed by atoms with Gasteiger partial charge in [0.15, 0.2) is 5.78 Å². The number of nitrogens with one attached hydrogen (secondary N) is 1. The molecular formula is C20H24F3NO2. The van der Waals surface area contributed by atoms with Gasteiger partial charge in [0.1, 0.15) is 5.92 Å². The molecule has 0 radical (unpaired) electrons. The number of Topliss-reactive ketones (excluding diaryl/α,β-unsaturated/α-hetero) is 1. The predicted octanol–water partition coefficient (Wildman–Crippen LogP) is 4.19. The van der Waals surface area contributed by atoms with E-state index in [2.05, 4.69) is 5.32 Å². The van der Waals surface area contributed by atoms with Crippen LogP contribution in [0.2, 0.25) is 0 Å². The quantitative estimate of drug-likeness (QED) is 0.757. The van der Waals surface area contributed by atoms with Gasteiger partial charge in [0.25, 0.3) is 0 Å². The Morgan fingerprint density at radius 2 is 1.58 bits per heavy atom. The van der Waals surface area contributed by atoms with Crippen molar-refractivity contribution < 1.29 is 22.8 Å². The van der Waals surface area contributed by atoms with Crippen LogP contribution in [-0.2, 0) is 9.59 Å². The molecule has 1 saturated carbocycles. The molecule has 6 heteroatoms. The number of hydrogen-bond acceptors (Lipinski definition) is 2. The third-order valence-corrected chi connectivity index (χ3v) is 6.37. The molecule has 1 heterocycles. The fourth-order valence-electron chi connectivity index (χ4n) is 4.58. The second-order valence-corrected chi connectivity index (χ2v) is 7.86. The van der Waals surface area contributed by atoms with Gasteiger partial charge in [-0.1, -0.05) is 6.07 Å². The van der Waals surface area contributed by atoms with E-state index in [1.807, 2.05) is 33.8 Å². The molecule has 0 aromatic heterocycles. The molecular weight excluding hydrogens is 343 g/mol. The molecule has 1 aliphatic carbocycles. The van der Waals surface area contributed by atoms with Crippen molar-refractivity contribution in [3.63, 3.8) is 0 Å². The molecule has 26 heavy (non-hydrogen) atoms. The van der Waals surface area contributed by atoms with Crippen LogP contribution >= 0.6 is 0 Å². The van der Waals surface area contributed by atoms with Gasteiger partial charge in [-0.3, -0.25) is 9.59 Å². The smallest absolute Gasteiger partial charge is 0.343 e. The number of hydrogen-bond donors (Lipinski definition) is 1. The van der Waals surface area contributed by atoms with Gasteiger partial charge in [-0.2, -0.15) is 13.2 Å². The van der Waals surface area contributed by atoms with Crippen molar-refractivity contribution in [2.75, 3.05) is 0 Å². The van der Waals surface area contributed by atoms with Crippen LogP contribution in [0.15, 0.2) is 6.07 Å². The molecule has 1 aliphatic heterocycles. The number of alkyl halides is 3. The lowest BCUT2D eigenvalue weighted by Crippen LogP contribution is -2.50. The number of halogens is 3. The predicted molar refractivity (Wildman–Crippen MR) is 92.0 cm³/mol. The second kappa shape index (κ2) is 6.10. The lowest BCUT2D eigenvalue weighted by molar-refractivity contribution is -0.185. The highest BCUT2D eigenvalue weighted by molar-refractivity contribution is 6.17. The van der Waals surface area contributed by atoms with E-state index in [1.165, 1.54) is 0 Å². The number of carbonyl (C=O) groups excluding carboxylic acids is 2. The summed E-state index contributed by atoms with van der Waals surface area (Å²) in [7, 11) is 0. The van der Waals surface area contributed by atoms with Gasteiger partial charge < -0.3 is 5.32 Å². The molecule has 142 valence electrons. The van der Waals surface area contributed by atoms with Crippen molar-refractivity contribution in [1.29, 1.82) is 0 Å². The zero-order chi connectivity index (χ0) is 19.4. The van der Waals surface area contributed by atoms with E-state index in [1.54, 1.807) is 0 Å². The van der Waals surface area contributed by atoms with E-state index in [4.69, 9.17) is 0 Å². The Kier molecular flexibility index (Phi) is 4.44. The SMILES string of the molecule is Cc1cc(C)c(C2C(=O)NC3(CCC(C(F)(F)F)CC3)C2=O)c(C)c1C. The Morgan fingerprint density at radius 3 is 2.12 bits per heavy atom. The highest BCUT2D eigenvalue weighted by Gasteiger charge is 2.56. The van der Waals surface area contributed by atoms with Crippen LogP contribution in [-0.4, -0.2) is 23.4 Å². The Morgan fingerprint density at radius 1 is 1.00 bits per heavy atom. The monoisotopic (exact) mass is 367 g/mol. The summed E-state index contributed by atoms with van der Waals surface area (Å²) in [5, 5.41) is 2.77. The summed E-state index contributed by atoms with van der Waals surface area (Å²) in [6.07, 6.45) is -4.36. The van der Waals surface area contributed by atoms with Crippen molar-refractivity contribution in [2.45, 2.75) is 71.0 Å². The average molecular weight is 367 g/mol. The minimum Gasteiger partial charge on any atom is -0.343 e. The summed E-state index contributed by atoms with van der Waals surface area (Å²) in [6, 6.07) is 1.96. The first-order valence-corrected chi connectivity index (χ1v) is 8.98. The number of ketones is 1. The zero-order valence-corrected chi connectivity index (χ0v) is 15.5. The average Bonchev–Trinajstić information content (AvgIpc) is 2.77. The van der Waals surface area contributed by atoms with Crippen LogP contribution < -0.4 is 5.32 Å². The Balaban J connectivity index is 1.94. The van der Waals surface area contributed by atoms with Gasteiger partial charge in [0, 0.05) is 0 Å². The van der Waals surface area contributed by atoms with E-state index in [0.29, 0.717) is 5.56 Å². The van der Waals surface area contributed by atoms with Crippen LogP contribution in [0.25, 0.3) is 0 Å². The minimum absolute atomic E-state index is 0.0567. The van der Waals surface area contributed by atoms with Gasteiger partial charge in [-0.15, -0.1) is 0 Å². The lowest BCUT2D eigenvalue weighted by atomic mass is 9.72. The normalized spacial score (nSPS) is 29.3. The van der Waals surface area contributed by atoms with E-state index in [9.17, 15) is 22.8 Å². The molecule has 3 nitrogen and oxygen atoms in total. The second-order valence-electron chi connectivity index (χ2n) is 7.86. The van der Waals surface area contributed by atoms with Gasteiger partial charge in [-0.25, -0.2) is 0 Å². The molecule has 0 bridgehead atoms. The van der Waals surface area contributed by atoms with Gasteiger partial charge in [-0.05, 0) is 81.2 Å². The van der Waals surface area contributed by atoms with E-state index in [0.717, 1.165) is 22.3 Å². The maximum Gasteiger partial charge on any atom is 0.391 e. The Hall–Kier alpha value is -1.85. The third-order valence-electron chi connectivity index (χ3n) is 6.37. The highest BCUT2D eigenvalue weighted by atomic mass is 19.4. The number of carbonyl (C=O) groups is 2. The molecule has 2 aliphatic rings. The molecule has 2 fully saturated rings. The van der Waals surface area contributed by atoms with Gasteiger partial charge in [0.2, 0.25) is 5.91 Å². The van der Waals surface area contributed by atoms with Gasteiger partial charge in [0.05, 0.1) is 11.5 Å². The molecule has 1 aromatic carbocycles. The van der Waals surface area contributed by atoms with E-state index in [-0.39, 0.29) is 37.4 Å². The number of benzene rings is 1. The standard InChI is InChI=1S/C20H24F3NO2/c1-10-9-11(2)15(13(4)12(10)3)16-17(25)19(24-18(16)26)7-5-14(6-8-19)20(21,22)23/h9,14,16H,5-8H2,1-4H3,(H,24,26). The van der Waals surface area contributed by atoms with Crippen molar-refractivity contribution in [3.05, 3.63) is 33.9 Å². The largest absolute Gasteiger partial charge is 0.391 e. The number of rotatable bonds is 1. The highest BCUT2D eigenvalue weighted by Crippen LogP contribution is 2.46.